The molecule has 3 aliphatic heterocycles. The van der Waals surface area contributed by atoms with Crippen LogP contribution in [0.4, 0.5) is 0 Å². The molecule has 0 bridgehead atoms. The van der Waals surface area contributed by atoms with E-state index in [1.54, 1.807) is 7.11 Å². The second-order valence-electron chi connectivity index (χ2n) is 11.1. The van der Waals surface area contributed by atoms with Gasteiger partial charge in [0.05, 0.1) is 32.5 Å². The highest BCUT2D eigenvalue weighted by atomic mass is 16.7. The van der Waals surface area contributed by atoms with Gasteiger partial charge in [0.15, 0.2) is 11.5 Å². The van der Waals surface area contributed by atoms with Crippen LogP contribution in [0.15, 0.2) is 24.0 Å². The van der Waals surface area contributed by atoms with Crippen molar-refractivity contribution in [2.75, 3.05) is 40.7 Å². The van der Waals surface area contributed by atoms with Gasteiger partial charge in [0, 0.05) is 18.0 Å². The van der Waals surface area contributed by atoms with E-state index in [1.807, 2.05) is 0 Å². The lowest BCUT2D eigenvalue weighted by molar-refractivity contribution is -0.156. The molecule has 5 rings (SSSR count). The molecule has 0 aromatic heterocycles. The Labute approximate surface area is 219 Å². The number of hydrogen-bond donors (Lipinski definition) is 0. The van der Waals surface area contributed by atoms with Crippen molar-refractivity contribution >= 4 is 11.9 Å². The number of ether oxygens (including phenoxy) is 5. The van der Waals surface area contributed by atoms with Gasteiger partial charge in [-0.05, 0) is 67.5 Å². The minimum Gasteiger partial charge on any atom is -0.501 e. The van der Waals surface area contributed by atoms with Crippen LogP contribution in [0.1, 0.15) is 63.0 Å². The molecule has 1 aromatic carbocycles. The smallest absolute Gasteiger partial charge is 0.309 e. The highest BCUT2D eigenvalue weighted by Crippen LogP contribution is 2.57. The predicted octanol–water partition coefficient (Wildman–Crippen LogP) is 4.21. The maximum atomic E-state index is 13.3. The van der Waals surface area contributed by atoms with E-state index in [2.05, 4.69) is 37.0 Å². The Morgan fingerprint density at radius 2 is 1.92 bits per heavy atom. The van der Waals surface area contributed by atoms with Gasteiger partial charge >= 0.3 is 11.9 Å². The summed E-state index contributed by atoms with van der Waals surface area (Å²) in [5, 5.41) is 0. The Morgan fingerprint density at radius 3 is 2.65 bits per heavy atom. The van der Waals surface area contributed by atoms with Crippen molar-refractivity contribution in [3.63, 3.8) is 0 Å². The average Bonchev–Trinajstić information content (AvgIpc) is 3.58. The summed E-state index contributed by atoms with van der Waals surface area (Å²) in [6.07, 6.45) is 6.73. The van der Waals surface area contributed by atoms with Crippen LogP contribution in [0.25, 0.3) is 0 Å². The summed E-state index contributed by atoms with van der Waals surface area (Å²) in [6, 6.07) is 4.27. The standard InChI is InChI=1S/C29H39NO7/c1-18(2)6-7-20(13-27(31)34-4)28(32)35-16-23-24(33-3)15-22-21-14-26-25(36-17-37-26)12-19(21)8-11-30-10-5-9-29(22,23)30/h12,14-15,18,20,22-23H,5-11,13,16-17H2,1-4H3/t20-,22-,23?,29+/m0/s1. The number of hydrogen-bond acceptors (Lipinski definition) is 8. The molecule has 1 unspecified atom stereocenters. The first-order valence-corrected chi connectivity index (χ1v) is 13.5. The van der Waals surface area contributed by atoms with E-state index >= 15 is 0 Å². The Balaban J connectivity index is 1.41. The summed E-state index contributed by atoms with van der Waals surface area (Å²) in [7, 11) is 3.05. The van der Waals surface area contributed by atoms with Crippen molar-refractivity contribution < 1.29 is 33.3 Å². The van der Waals surface area contributed by atoms with Crippen LogP contribution in [0.5, 0.6) is 11.5 Å². The van der Waals surface area contributed by atoms with Gasteiger partial charge in [-0.15, -0.1) is 0 Å². The number of rotatable bonds is 9. The van der Waals surface area contributed by atoms with Crippen LogP contribution in [-0.2, 0) is 30.2 Å². The lowest BCUT2D eigenvalue weighted by atomic mass is 9.74. The summed E-state index contributed by atoms with van der Waals surface area (Å²) in [4.78, 5) is 27.9. The van der Waals surface area contributed by atoms with Crippen LogP contribution in [-0.4, -0.2) is 63.1 Å². The Kier molecular flexibility index (Phi) is 7.39. The van der Waals surface area contributed by atoms with Crippen molar-refractivity contribution in [2.24, 2.45) is 17.8 Å². The molecule has 0 saturated carbocycles. The molecule has 4 atom stereocenters. The minimum atomic E-state index is -0.506. The number of methoxy groups -OCH3 is 2. The van der Waals surface area contributed by atoms with E-state index < -0.39 is 5.92 Å². The molecule has 0 N–H and O–H groups in total. The molecule has 202 valence electrons. The second kappa shape index (κ2) is 10.6. The highest BCUT2D eigenvalue weighted by Gasteiger charge is 2.59. The third kappa shape index (κ3) is 4.69. The molecule has 4 aliphatic rings. The zero-order valence-electron chi connectivity index (χ0n) is 22.4. The van der Waals surface area contributed by atoms with Crippen LogP contribution in [0, 0.1) is 17.8 Å². The summed E-state index contributed by atoms with van der Waals surface area (Å²) >= 11 is 0. The van der Waals surface area contributed by atoms with Crippen LogP contribution in [0.3, 0.4) is 0 Å². The van der Waals surface area contributed by atoms with E-state index in [4.69, 9.17) is 23.7 Å². The largest absolute Gasteiger partial charge is 0.501 e. The Hall–Kier alpha value is -2.74. The van der Waals surface area contributed by atoms with Crippen molar-refractivity contribution in [1.29, 1.82) is 0 Å². The molecular weight excluding hydrogens is 474 g/mol. The molecule has 0 radical (unpaired) electrons. The van der Waals surface area contributed by atoms with Gasteiger partial charge in [-0.25, -0.2) is 0 Å². The predicted molar refractivity (Wildman–Crippen MR) is 136 cm³/mol. The van der Waals surface area contributed by atoms with E-state index in [9.17, 15) is 9.59 Å². The number of fused-ring (bicyclic) bond motifs is 3. The van der Waals surface area contributed by atoms with Gasteiger partial charge in [-0.3, -0.25) is 14.5 Å². The molecule has 8 nitrogen and oxygen atoms in total. The van der Waals surface area contributed by atoms with Crippen LogP contribution < -0.4 is 9.47 Å². The topological polar surface area (TPSA) is 83.5 Å². The molecule has 1 aliphatic carbocycles. The van der Waals surface area contributed by atoms with Crippen LogP contribution >= 0.6 is 0 Å². The molecule has 37 heavy (non-hydrogen) atoms. The normalized spacial score (nSPS) is 26.6. The van der Waals surface area contributed by atoms with Crippen molar-refractivity contribution in [3.05, 3.63) is 35.1 Å². The summed E-state index contributed by atoms with van der Waals surface area (Å²) in [5.41, 5.74) is 2.30. The first-order valence-electron chi connectivity index (χ1n) is 13.5. The van der Waals surface area contributed by atoms with Crippen LogP contribution in [0.2, 0.25) is 0 Å². The van der Waals surface area contributed by atoms with E-state index in [0.29, 0.717) is 12.3 Å². The summed E-state index contributed by atoms with van der Waals surface area (Å²) in [6.45, 7) is 6.63. The zero-order valence-corrected chi connectivity index (χ0v) is 22.4. The fourth-order valence-electron chi connectivity index (χ4n) is 6.84. The van der Waals surface area contributed by atoms with E-state index in [0.717, 1.165) is 56.0 Å². The summed E-state index contributed by atoms with van der Waals surface area (Å²) in [5.74, 6) is 1.69. The van der Waals surface area contributed by atoms with Gasteiger partial charge in [0.25, 0.3) is 0 Å². The highest BCUT2D eigenvalue weighted by molar-refractivity contribution is 5.80. The van der Waals surface area contributed by atoms with Gasteiger partial charge in [-0.2, -0.15) is 0 Å². The first kappa shape index (κ1) is 25.9. The van der Waals surface area contributed by atoms with Gasteiger partial charge in [-0.1, -0.05) is 20.3 Å². The monoisotopic (exact) mass is 513 g/mol. The van der Waals surface area contributed by atoms with Crippen molar-refractivity contribution in [3.8, 4) is 11.5 Å². The molecule has 3 heterocycles. The maximum absolute atomic E-state index is 13.3. The third-order valence-corrected chi connectivity index (χ3v) is 8.73. The molecular formula is C29H39NO7. The molecule has 1 fully saturated rings. The first-order chi connectivity index (χ1) is 17.9. The Morgan fingerprint density at radius 1 is 1.14 bits per heavy atom. The fourth-order valence-corrected chi connectivity index (χ4v) is 6.84. The number of carbonyl (C=O) groups is 2. The molecule has 0 amide bonds. The second-order valence-corrected chi connectivity index (χ2v) is 11.1. The number of nitrogens with zero attached hydrogens (tertiary/aromatic N) is 1. The van der Waals surface area contributed by atoms with E-state index in [1.165, 1.54) is 18.2 Å². The Bertz CT molecular complexity index is 1070. The zero-order chi connectivity index (χ0) is 26.2. The van der Waals surface area contributed by atoms with Crippen molar-refractivity contribution in [2.45, 2.75) is 63.8 Å². The minimum absolute atomic E-state index is 0.0418. The molecule has 1 saturated heterocycles. The number of esters is 2. The number of benzene rings is 1. The summed E-state index contributed by atoms with van der Waals surface area (Å²) < 4.78 is 28.2. The number of carbonyl (C=O) groups excluding carboxylic acids is 2. The SMILES string of the molecule is COC(=O)C[C@H](CCC(C)C)C(=O)OCC1C(OC)=C[C@H]2c3cc4c(cc3CCN3CCC[C@]123)OCO4. The van der Waals surface area contributed by atoms with Crippen molar-refractivity contribution in [1.82, 2.24) is 4.90 Å². The lowest BCUT2D eigenvalue weighted by Gasteiger charge is -2.43. The lowest BCUT2D eigenvalue weighted by Crippen LogP contribution is -2.52. The van der Waals surface area contributed by atoms with Gasteiger partial charge < -0.3 is 23.7 Å². The molecule has 8 heteroatoms. The van der Waals surface area contributed by atoms with Gasteiger partial charge in [0.1, 0.15) is 12.4 Å². The quantitative estimate of drug-likeness (QED) is 0.454. The molecule has 1 spiro atoms. The fraction of sp³-hybridized carbons (Fsp3) is 0.655. The van der Waals surface area contributed by atoms with Gasteiger partial charge in [0.2, 0.25) is 6.79 Å². The average molecular weight is 514 g/mol. The molecule has 1 aromatic rings. The van der Waals surface area contributed by atoms with E-state index in [-0.39, 0.29) is 49.1 Å². The third-order valence-electron chi connectivity index (χ3n) is 8.73. The maximum Gasteiger partial charge on any atom is 0.309 e.